The first kappa shape index (κ1) is 7.28. The molecule has 1 saturated heterocycles. The van der Waals surface area contributed by atoms with Crippen molar-refractivity contribution < 1.29 is 14.6 Å². The third-order valence-corrected chi connectivity index (χ3v) is 2.26. The van der Waals surface area contributed by atoms with Crippen molar-refractivity contribution in [3.8, 4) is 0 Å². The van der Waals surface area contributed by atoms with Crippen LogP contribution in [0.1, 0.15) is 13.3 Å². The van der Waals surface area contributed by atoms with Gasteiger partial charge in [0.25, 0.3) is 0 Å². The Kier molecular flexibility index (Phi) is 1.52. The average molecular weight is 156 g/mol. The van der Waals surface area contributed by atoms with E-state index in [-0.39, 0.29) is 6.10 Å². The molecule has 0 aromatic rings. The monoisotopic (exact) mass is 156 g/mol. The maximum Gasteiger partial charge on any atom is 0.188 e. The molecule has 0 unspecified atom stereocenters. The molecule has 62 valence electrons. The quantitative estimate of drug-likeness (QED) is 0.560. The molecular weight excluding hydrogens is 144 g/mol. The van der Waals surface area contributed by atoms with Gasteiger partial charge in [-0.3, -0.25) is 0 Å². The molecule has 2 heterocycles. The Morgan fingerprint density at radius 2 is 2.55 bits per heavy atom. The Balaban J connectivity index is 2.23. The maximum absolute atomic E-state index is 9.31. The molecule has 2 aliphatic rings. The minimum absolute atomic E-state index is 0.153. The van der Waals surface area contributed by atoms with Gasteiger partial charge >= 0.3 is 0 Å². The molecule has 2 rings (SSSR count). The van der Waals surface area contributed by atoms with Crippen LogP contribution >= 0.6 is 0 Å². The predicted molar refractivity (Wildman–Crippen MR) is 39.0 cm³/mol. The Labute approximate surface area is 65.6 Å². The second-order valence-electron chi connectivity index (χ2n) is 2.98. The molecule has 0 aromatic carbocycles. The lowest BCUT2D eigenvalue weighted by Gasteiger charge is -2.27. The maximum atomic E-state index is 9.31. The van der Waals surface area contributed by atoms with Gasteiger partial charge in [-0.15, -0.1) is 0 Å². The van der Waals surface area contributed by atoms with Crippen LogP contribution in [0, 0.1) is 0 Å². The highest BCUT2D eigenvalue weighted by Gasteiger charge is 2.43. The van der Waals surface area contributed by atoms with Gasteiger partial charge in [-0.25, -0.2) is 0 Å². The second-order valence-corrected chi connectivity index (χ2v) is 2.98. The first-order valence-corrected chi connectivity index (χ1v) is 3.95. The third kappa shape index (κ3) is 1.00. The highest BCUT2D eigenvalue weighted by Crippen LogP contribution is 2.33. The van der Waals surface area contributed by atoms with E-state index in [0.29, 0.717) is 6.61 Å². The summed E-state index contributed by atoms with van der Waals surface area (Å²) in [5, 5.41) is 9.31. The number of ether oxygens (including phenoxy) is 2. The van der Waals surface area contributed by atoms with Gasteiger partial charge in [-0.1, -0.05) is 13.0 Å². The molecular formula is C8H12O3. The lowest BCUT2D eigenvalue weighted by atomic mass is 10.1. The summed E-state index contributed by atoms with van der Waals surface area (Å²) in [6, 6.07) is 0. The molecule has 11 heavy (non-hydrogen) atoms. The van der Waals surface area contributed by atoms with Crippen molar-refractivity contribution in [1.29, 1.82) is 0 Å². The fourth-order valence-electron chi connectivity index (χ4n) is 1.48. The molecule has 3 heteroatoms. The van der Waals surface area contributed by atoms with Crippen LogP contribution in [0.3, 0.4) is 0 Å². The molecule has 2 bridgehead atoms. The minimum atomic E-state index is -0.524. The zero-order valence-electron chi connectivity index (χ0n) is 6.49. The van der Waals surface area contributed by atoms with Crippen LogP contribution in [0.2, 0.25) is 0 Å². The average Bonchev–Trinajstić information content (AvgIpc) is 2.40. The van der Waals surface area contributed by atoms with Crippen molar-refractivity contribution in [1.82, 2.24) is 0 Å². The van der Waals surface area contributed by atoms with Gasteiger partial charge in [0.1, 0.15) is 12.2 Å². The van der Waals surface area contributed by atoms with Crippen LogP contribution < -0.4 is 0 Å². The van der Waals surface area contributed by atoms with Crippen molar-refractivity contribution >= 4 is 0 Å². The minimum Gasteiger partial charge on any atom is -0.386 e. The van der Waals surface area contributed by atoms with Crippen LogP contribution in [0.25, 0.3) is 0 Å². The second kappa shape index (κ2) is 2.30. The van der Waals surface area contributed by atoms with E-state index < -0.39 is 11.9 Å². The summed E-state index contributed by atoms with van der Waals surface area (Å²) in [5.74, 6) is -0.524. The summed E-state index contributed by atoms with van der Waals surface area (Å²) in [4.78, 5) is 0. The SMILES string of the molecule is CC[C@@]12C=C[C@@H](O)[C@@H](CO1)O2. The van der Waals surface area contributed by atoms with Crippen molar-refractivity contribution in [2.75, 3.05) is 6.61 Å². The Bertz CT molecular complexity index is 190. The summed E-state index contributed by atoms with van der Waals surface area (Å²) in [7, 11) is 0. The standard InChI is InChI=1S/C8H12O3/c1-2-8-4-3-6(9)7(11-8)5-10-8/h3-4,6-7,9H,2,5H2,1H3/t6-,7-,8-/m1/s1. The van der Waals surface area contributed by atoms with Crippen LogP contribution in [-0.4, -0.2) is 29.7 Å². The summed E-state index contributed by atoms with van der Waals surface area (Å²) >= 11 is 0. The summed E-state index contributed by atoms with van der Waals surface area (Å²) in [5.41, 5.74) is 0. The number of fused-ring (bicyclic) bond motifs is 2. The smallest absolute Gasteiger partial charge is 0.188 e. The van der Waals surface area contributed by atoms with Gasteiger partial charge in [0.2, 0.25) is 0 Å². The molecule has 0 aromatic heterocycles. The molecule has 3 nitrogen and oxygen atoms in total. The van der Waals surface area contributed by atoms with Crippen molar-refractivity contribution in [3.63, 3.8) is 0 Å². The Morgan fingerprint density at radius 1 is 1.73 bits per heavy atom. The van der Waals surface area contributed by atoms with E-state index in [9.17, 15) is 5.11 Å². The molecule has 0 aliphatic carbocycles. The van der Waals surface area contributed by atoms with Crippen molar-refractivity contribution in [2.45, 2.75) is 31.3 Å². The van der Waals surface area contributed by atoms with Crippen LogP contribution in [0.4, 0.5) is 0 Å². The Hall–Kier alpha value is -0.380. The first-order chi connectivity index (χ1) is 5.26. The number of aliphatic hydroxyl groups is 1. The van der Waals surface area contributed by atoms with Gasteiger partial charge < -0.3 is 14.6 Å². The number of hydrogen-bond donors (Lipinski definition) is 1. The molecule has 1 fully saturated rings. The molecule has 0 amide bonds. The fraction of sp³-hybridized carbons (Fsp3) is 0.750. The van der Waals surface area contributed by atoms with Crippen LogP contribution in [0.15, 0.2) is 12.2 Å². The zero-order chi connectivity index (χ0) is 7.90. The molecule has 1 N–H and O–H groups in total. The van der Waals surface area contributed by atoms with Gasteiger partial charge in [0.05, 0.1) is 6.61 Å². The largest absolute Gasteiger partial charge is 0.386 e. The molecule has 0 radical (unpaired) electrons. The van der Waals surface area contributed by atoms with Gasteiger partial charge in [-0.05, 0) is 6.08 Å². The first-order valence-electron chi connectivity index (χ1n) is 3.95. The number of hydrogen-bond acceptors (Lipinski definition) is 3. The highest BCUT2D eigenvalue weighted by molar-refractivity contribution is 5.09. The molecule has 0 saturated carbocycles. The third-order valence-electron chi connectivity index (χ3n) is 2.26. The lowest BCUT2D eigenvalue weighted by molar-refractivity contribution is -0.148. The summed E-state index contributed by atoms with van der Waals surface area (Å²) in [6.45, 7) is 2.51. The van der Waals surface area contributed by atoms with Crippen LogP contribution in [0.5, 0.6) is 0 Å². The van der Waals surface area contributed by atoms with Gasteiger partial charge in [-0.2, -0.15) is 0 Å². The Morgan fingerprint density at radius 3 is 3.27 bits per heavy atom. The van der Waals surface area contributed by atoms with E-state index in [1.165, 1.54) is 0 Å². The van der Waals surface area contributed by atoms with E-state index in [4.69, 9.17) is 9.47 Å². The van der Waals surface area contributed by atoms with Crippen molar-refractivity contribution in [3.05, 3.63) is 12.2 Å². The molecule has 2 aliphatic heterocycles. The van der Waals surface area contributed by atoms with E-state index in [0.717, 1.165) is 6.42 Å². The van der Waals surface area contributed by atoms with E-state index in [1.54, 1.807) is 12.2 Å². The topological polar surface area (TPSA) is 38.7 Å². The number of aliphatic hydroxyl groups excluding tert-OH is 1. The van der Waals surface area contributed by atoms with Gasteiger partial charge in [0, 0.05) is 6.42 Å². The van der Waals surface area contributed by atoms with Crippen molar-refractivity contribution in [2.24, 2.45) is 0 Å². The highest BCUT2D eigenvalue weighted by atomic mass is 16.7. The summed E-state index contributed by atoms with van der Waals surface area (Å²) < 4.78 is 10.9. The van der Waals surface area contributed by atoms with Crippen LogP contribution in [-0.2, 0) is 9.47 Å². The zero-order valence-corrected chi connectivity index (χ0v) is 6.49. The molecule has 0 spiro atoms. The number of rotatable bonds is 1. The van der Waals surface area contributed by atoms with E-state index in [2.05, 4.69) is 0 Å². The normalized spacial score (nSPS) is 48.2. The lowest BCUT2D eigenvalue weighted by Crippen LogP contribution is -2.36. The van der Waals surface area contributed by atoms with Gasteiger partial charge in [0.15, 0.2) is 5.79 Å². The van der Waals surface area contributed by atoms with E-state index in [1.807, 2.05) is 6.92 Å². The molecule has 3 atom stereocenters. The summed E-state index contributed by atoms with van der Waals surface area (Å²) in [6.07, 6.45) is 3.72. The van der Waals surface area contributed by atoms with E-state index >= 15 is 0 Å². The predicted octanol–water partition coefficient (Wildman–Crippen LogP) is 0.439. The fourth-order valence-corrected chi connectivity index (χ4v) is 1.48.